The molecular weight excluding hydrogens is 220 g/mol. The van der Waals surface area contributed by atoms with Crippen molar-refractivity contribution in [1.29, 1.82) is 0 Å². The van der Waals surface area contributed by atoms with Gasteiger partial charge in [-0.05, 0) is 56.4 Å². The molecule has 0 N–H and O–H groups in total. The summed E-state index contributed by atoms with van der Waals surface area (Å²) in [5.41, 5.74) is 3.11. The number of hydrogen-bond acceptors (Lipinski definition) is 2. The van der Waals surface area contributed by atoms with Crippen LogP contribution in [-0.4, -0.2) is 43.0 Å². The van der Waals surface area contributed by atoms with Gasteiger partial charge in [-0.2, -0.15) is 0 Å². The lowest BCUT2D eigenvalue weighted by molar-refractivity contribution is 0.233. The van der Waals surface area contributed by atoms with Crippen molar-refractivity contribution in [2.75, 3.05) is 33.2 Å². The van der Waals surface area contributed by atoms with Gasteiger partial charge in [0.05, 0.1) is 0 Å². The van der Waals surface area contributed by atoms with Crippen molar-refractivity contribution in [3.05, 3.63) is 35.4 Å². The molecule has 0 spiro atoms. The Morgan fingerprint density at radius 2 is 2.00 bits per heavy atom. The second-order valence-corrected chi connectivity index (χ2v) is 6.00. The van der Waals surface area contributed by atoms with Gasteiger partial charge < -0.3 is 4.90 Å². The fourth-order valence-electron chi connectivity index (χ4n) is 3.37. The summed E-state index contributed by atoms with van der Waals surface area (Å²) in [4.78, 5) is 5.11. The van der Waals surface area contributed by atoms with E-state index in [9.17, 15) is 0 Å². The summed E-state index contributed by atoms with van der Waals surface area (Å²) in [7, 11) is 2.25. The fourth-order valence-corrected chi connectivity index (χ4v) is 3.37. The first kappa shape index (κ1) is 12.2. The highest BCUT2D eigenvalue weighted by Gasteiger charge is 2.21. The molecule has 18 heavy (non-hydrogen) atoms. The summed E-state index contributed by atoms with van der Waals surface area (Å²) in [6.07, 6.45) is 4.02. The van der Waals surface area contributed by atoms with E-state index < -0.39 is 0 Å². The Morgan fingerprint density at radius 1 is 1.17 bits per heavy atom. The van der Waals surface area contributed by atoms with Crippen molar-refractivity contribution in [2.24, 2.45) is 5.92 Å². The third-order valence-electron chi connectivity index (χ3n) is 4.55. The molecular formula is C16H24N2. The predicted molar refractivity (Wildman–Crippen MR) is 75.6 cm³/mol. The van der Waals surface area contributed by atoms with Gasteiger partial charge >= 0.3 is 0 Å². The van der Waals surface area contributed by atoms with Crippen LogP contribution in [0.3, 0.4) is 0 Å². The van der Waals surface area contributed by atoms with Gasteiger partial charge in [-0.1, -0.05) is 24.3 Å². The van der Waals surface area contributed by atoms with Crippen LogP contribution in [0.1, 0.15) is 24.0 Å². The van der Waals surface area contributed by atoms with Crippen LogP contribution in [0.4, 0.5) is 0 Å². The van der Waals surface area contributed by atoms with Crippen molar-refractivity contribution in [3.8, 4) is 0 Å². The third-order valence-corrected chi connectivity index (χ3v) is 4.55. The topological polar surface area (TPSA) is 6.48 Å². The fraction of sp³-hybridized carbons (Fsp3) is 0.625. The second-order valence-electron chi connectivity index (χ2n) is 6.00. The molecule has 0 aromatic heterocycles. The van der Waals surface area contributed by atoms with Gasteiger partial charge in [0.1, 0.15) is 0 Å². The summed E-state index contributed by atoms with van der Waals surface area (Å²) in [6, 6.07) is 8.93. The van der Waals surface area contributed by atoms with Crippen LogP contribution in [-0.2, 0) is 13.0 Å². The molecule has 3 rings (SSSR count). The van der Waals surface area contributed by atoms with Crippen molar-refractivity contribution in [3.63, 3.8) is 0 Å². The molecule has 0 bridgehead atoms. The van der Waals surface area contributed by atoms with E-state index in [0.29, 0.717) is 0 Å². The highest BCUT2D eigenvalue weighted by Crippen LogP contribution is 2.22. The zero-order valence-corrected chi connectivity index (χ0v) is 11.4. The molecule has 0 radical (unpaired) electrons. The average molecular weight is 244 g/mol. The standard InChI is InChI=1S/C16H24N2/c1-17-9-6-14(12-17)7-10-18-11-8-15-4-2-3-5-16(15)13-18/h2-5,14H,6-13H2,1H3. The van der Waals surface area contributed by atoms with Crippen molar-refractivity contribution in [1.82, 2.24) is 9.80 Å². The predicted octanol–water partition coefficient (Wildman–Crippen LogP) is 2.39. The van der Waals surface area contributed by atoms with Crippen molar-refractivity contribution < 1.29 is 0 Å². The van der Waals surface area contributed by atoms with E-state index in [1.54, 1.807) is 11.1 Å². The summed E-state index contributed by atoms with van der Waals surface area (Å²) < 4.78 is 0. The highest BCUT2D eigenvalue weighted by molar-refractivity contribution is 5.28. The van der Waals surface area contributed by atoms with Gasteiger partial charge in [-0.3, -0.25) is 4.90 Å². The normalized spacial score (nSPS) is 25.3. The van der Waals surface area contributed by atoms with E-state index in [4.69, 9.17) is 0 Å². The Morgan fingerprint density at radius 3 is 2.78 bits per heavy atom. The molecule has 2 heteroatoms. The molecule has 2 aliphatic rings. The molecule has 0 aliphatic carbocycles. The van der Waals surface area contributed by atoms with Gasteiger partial charge in [0.25, 0.3) is 0 Å². The van der Waals surface area contributed by atoms with Crippen LogP contribution < -0.4 is 0 Å². The molecule has 0 saturated carbocycles. The Balaban J connectivity index is 1.51. The molecule has 1 unspecified atom stereocenters. The molecule has 2 heterocycles. The van der Waals surface area contributed by atoms with Gasteiger partial charge in [-0.15, -0.1) is 0 Å². The molecule has 2 nitrogen and oxygen atoms in total. The maximum atomic E-state index is 2.64. The first-order chi connectivity index (χ1) is 8.81. The number of nitrogens with zero attached hydrogens (tertiary/aromatic N) is 2. The number of fused-ring (bicyclic) bond motifs is 1. The zero-order valence-electron chi connectivity index (χ0n) is 11.4. The lowest BCUT2D eigenvalue weighted by Crippen LogP contribution is -2.32. The molecule has 1 aromatic rings. The first-order valence-electron chi connectivity index (χ1n) is 7.29. The minimum Gasteiger partial charge on any atom is -0.306 e. The second kappa shape index (κ2) is 5.41. The largest absolute Gasteiger partial charge is 0.306 e. The van der Waals surface area contributed by atoms with Gasteiger partial charge in [-0.25, -0.2) is 0 Å². The molecule has 1 saturated heterocycles. The minimum atomic E-state index is 0.937. The lowest BCUT2D eigenvalue weighted by Gasteiger charge is -2.29. The van der Waals surface area contributed by atoms with Gasteiger partial charge in [0.2, 0.25) is 0 Å². The Hall–Kier alpha value is -0.860. The first-order valence-corrected chi connectivity index (χ1v) is 7.29. The molecule has 0 amide bonds. The van der Waals surface area contributed by atoms with E-state index in [0.717, 1.165) is 5.92 Å². The lowest BCUT2D eigenvalue weighted by atomic mass is 9.98. The maximum absolute atomic E-state index is 2.64. The van der Waals surface area contributed by atoms with Gasteiger partial charge in [0, 0.05) is 19.6 Å². The Kier molecular flexibility index (Phi) is 3.67. The van der Waals surface area contributed by atoms with Crippen LogP contribution in [0.15, 0.2) is 24.3 Å². The van der Waals surface area contributed by atoms with E-state index >= 15 is 0 Å². The van der Waals surface area contributed by atoms with Crippen LogP contribution in [0.2, 0.25) is 0 Å². The average Bonchev–Trinajstić information content (AvgIpc) is 2.82. The van der Waals surface area contributed by atoms with Crippen molar-refractivity contribution in [2.45, 2.75) is 25.8 Å². The SMILES string of the molecule is CN1CCC(CCN2CCc3ccccc3C2)C1. The Labute approximate surface area is 111 Å². The molecule has 1 fully saturated rings. The number of likely N-dealkylation sites (tertiary alicyclic amines) is 1. The summed E-state index contributed by atoms with van der Waals surface area (Å²) >= 11 is 0. The quantitative estimate of drug-likeness (QED) is 0.805. The van der Waals surface area contributed by atoms with Crippen LogP contribution in [0, 0.1) is 5.92 Å². The highest BCUT2D eigenvalue weighted by atomic mass is 15.1. The van der Waals surface area contributed by atoms with E-state index in [2.05, 4.69) is 41.1 Å². The molecule has 1 aromatic carbocycles. The maximum Gasteiger partial charge on any atom is 0.0236 e. The zero-order chi connectivity index (χ0) is 12.4. The number of benzene rings is 1. The smallest absolute Gasteiger partial charge is 0.0236 e. The van der Waals surface area contributed by atoms with Crippen LogP contribution >= 0.6 is 0 Å². The third kappa shape index (κ3) is 2.76. The molecule has 2 aliphatic heterocycles. The van der Waals surface area contributed by atoms with Crippen LogP contribution in [0.5, 0.6) is 0 Å². The monoisotopic (exact) mass is 244 g/mol. The molecule has 98 valence electrons. The number of hydrogen-bond donors (Lipinski definition) is 0. The van der Waals surface area contributed by atoms with E-state index in [-0.39, 0.29) is 0 Å². The minimum absolute atomic E-state index is 0.937. The van der Waals surface area contributed by atoms with Crippen molar-refractivity contribution >= 4 is 0 Å². The van der Waals surface area contributed by atoms with Gasteiger partial charge in [0.15, 0.2) is 0 Å². The number of rotatable bonds is 3. The summed E-state index contributed by atoms with van der Waals surface area (Å²) in [5, 5.41) is 0. The van der Waals surface area contributed by atoms with E-state index in [1.807, 2.05) is 0 Å². The summed E-state index contributed by atoms with van der Waals surface area (Å²) in [5.74, 6) is 0.937. The summed E-state index contributed by atoms with van der Waals surface area (Å²) in [6.45, 7) is 6.31. The van der Waals surface area contributed by atoms with E-state index in [1.165, 1.54) is 52.0 Å². The van der Waals surface area contributed by atoms with Crippen LogP contribution in [0.25, 0.3) is 0 Å². The molecule has 1 atom stereocenters. The Bertz CT molecular complexity index is 402.